The molecular weight excluding hydrogens is 272 g/mol. The highest BCUT2D eigenvalue weighted by Gasteiger charge is 2.09. The molecule has 0 radical (unpaired) electrons. The quantitative estimate of drug-likeness (QED) is 0.674. The third-order valence-corrected chi connectivity index (χ3v) is 2.68. The molecule has 0 saturated heterocycles. The van der Waals surface area contributed by atoms with Crippen molar-refractivity contribution in [2.45, 2.75) is 6.92 Å². The van der Waals surface area contributed by atoms with Gasteiger partial charge in [0.15, 0.2) is 0 Å². The Balaban J connectivity index is 2.24. The highest BCUT2D eigenvalue weighted by molar-refractivity contribution is 5.90. The fourth-order valence-corrected chi connectivity index (χ4v) is 1.76. The minimum atomic E-state index is -1.04. The first-order valence-electron chi connectivity index (χ1n) is 6.38. The molecule has 0 atom stereocenters. The molecule has 0 fully saturated rings. The van der Waals surface area contributed by atoms with Gasteiger partial charge in [-0.15, -0.1) is 0 Å². The normalized spacial score (nSPS) is 10.7. The summed E-state index contributed by atoms with van der Waals surface area (Å²) < 4.78 is 10.5. The molecule has 1 heterocycles. The molecule has 0 amide bonds. The largest absolute Gasteiger partial charge is 0.478 e. The summed E-state index contributed by atoms with van der Waals surface area (Å²) in [4.78, 5) is 22.1. The summed E-state index contributed by atoms with van der Waals surface area (Å²) in [5.41, 5.74) is 1.16. The van der Waals surface area contributed by atoms with E-state index in [2.05, 4.69) is 0 Å². The van der Waals surface area contributed by atoms with Gasteiger partial charge in [-0.3, -0.25) is 0 Å². The lowest BCUT2D eigenvalue weighted by Gasteiger charge is -2.03. The number of hydrogen-bond acceptors (Lipinski definition) is 4. The van der Waals surface area contributed by atoms with Crippen LogP contribution in [0.5, 0.6) is 0 Å². The topological polar surface area (TPSA) is 76.7 Å². The van der Waals surface area contributed by atoms with Crippen LogP contribution in [0.25, 0.3) is 17.4 Å². The third-order valence-electron chi connectivity index (χ3n) is 2.68. The van der Waals surface area contributed by atoms with Crippen LogP contribution in [-0.2, 0) is 9.53 Å². The fraction of sp³-hybridized carbons (Fsp3) is 0.125. The minimum Gasteiger partial charge on any atom is -0.478 e. The number of esters is 1. The molecule has 2 rings (SSSR count). The number of hydrogen-bond donors (Lipinski definition) is 1. The van der Waals surface area contributed by atoms with E-state index >= 15 is 0 Å². The van der Waals surface area contributed by atoms with Crippen molar-refractivity contribution in [3.8, 4) is 11.3 Å². The fourth-order valence-electron chi connectivity index (χ4n) is 1.76. The van der Waals surface area contributed by atoms with E-state index < -0.39 is 11.9 Å². The van der Waals surface area contributed by atoms with Gasteiger partial charge in [-0.1, -0.05) is 12.1 Å². The minimum absolute atomic E-state index is 0.313. The molecule has 1 aromatic heterocycles. The number of ether oxygens (including phenoxy) is 1. The summed E-state index contributed by atoms with van der Waals surface area (Å²) >= 11 is 0. The van der Waals surface area contributed by atoms with Crippen LogP contribution in [0.1, 0.15) is 23.0 Å². The molecule has 5 nitrogen and oxygen atoms in total. The molecule has 5 heteroatoms. The lowest BCUT2D eigenvalue weighted by atomic mass is 10.1. The molecule has 0 spiro atoms. The summed E-state index contributed by atoms with van der Waals surface area (Å²) in [6, 6.07) is 10.2. The molecule has 0 aliphatic rings. The van der Waals surface area contributed by atoms with Gasteiger partial charge in [0.25, 0.3) is 0 Å². The zero-order valence-electron chi connectivity index (χ0n) is 11.4. The maximum absolute atomic E-state index is 11.7. The summed E-state index contributed by atoms with van der Waals surface area (Å²) in [6.45, 7) is 2.06. The van der Waals surface area contributed by atoms with Gasteiger partial charge in [0.2, 0.25) is 0 Å². The number of carbonyl (C=O) groups is 2. The number of aliphatic carboxylic acids is 1. The molecule has 1 aromatic carbocycles. The summed E-state index contributed by atoms with van der Waals surface area (Å²) in [5.74, 6) is -0.464. The Bertz CT molecular complexity index is 681. The molecule has 2 aromatic rings. The summed E-state index contributed by atoms with van der Waals surface area (Å²) in [7, 11) is 0. The van der Waals surface area contributed by atoms with Gasteiger partial charge in [0.05, 0.1) is 12.2 Å². The predicted octanol–water partition coefficient (Wildman–Crippen LogP) is 3.22. The Morgan fingerprint density at radius 2 is 2.10 bits per heavy atom. The Morgan fingerprint density at radius 3 is 2.81 bits per heavy atom. The van der Waals surface area contributed by atoms with Gasteiger partial charge in [-0.25, -0.2) is 9.59 Å². The van der Waals surface area contributed by atoms with Crippen LogP contribution in [0.3, 0.4) is 0 Å². The third kappa shape index (κ3) is 3.82. The molecule has 108 valence electrons. The van der Waals surface area contributed by atoms with Crippen LogP contribution in [0.15, 0.2) is 46.9 Å². The van der Waals surface area contributed by atoms with Crippen LogP contribution in [0.2, 0.25) is 0 Å². The summed E-state index contributed by atoms with van der Waals surface area (Å²) in [5, 5.41) is 8.57. The maximum atomic E-state index is 11.7. The molecule has 21 heavy (non-hydrogen) atoms. The van der Waals surface area contributed by atoms with Crippen molar-refractivity contribution in [3.05, 3.63) is 53.8 Å². The van der Waals surface area contributed by atoms with Gasteiger partial charge >= 0.3 is 11.9 Å². The van der Waals surface area contributed by atoms with E-state index in [1.165, 1.54) is 6.08 Å². The van der Waals surface area contributed by atoms with Gasteiger partial charge in [0, 0.05) is 11.6 Å². The molecule has 0 unspecified atom stereocenters. The zero-order chi connectivity index (χ0) is 15.2. The predicted molar refractivity (Wildman–Crippen MR) is 76.8 cm³/mol. The van der Waals surface area contributed by atoms with Gasteiger partial charge in [0.1, 0.15) is 11.5 Å². The highest BCUT2D eigenvalue weighted by Crippen LogP contribution is 2.24. The Morgan fingerprint density at radius 1 is 1.29 bits per heavy atom. The van der Waals surface area contributed by atoms with E-state index in [0.29, 0.717) is 23.7 Å². The van der Waals surface area contributed by atoms with Gasteiger partial charge in [-0.2, -0.15) is 0 Å². The van der Waals surface area contributed by atoms with E-state index in [9.17, 15) is 9.59 Å². The van der Waals surface area contributed by atoms with E-state index in [0.717, 1.165) is 11.6 Å². The van der Waals surface area contributed by atoms with Crippen LogP contribution < -0.4 is 0 Å². The van der Waals surface area contributed by atoms with Crippen molar-refractivity contribution in [2.75, 3.05) is 6.61 Å². The number of carboxylic acids is 1. The molecular formula is C16H14O5. The number of furan rings is 1. The smallest absolute Gasteiger partial charge is 0.338 e. The van der Waals surface area contributed by atoms with E-state index in [-0.39, 0.29) is 0 Å². The highest BCUT2D eigenvalue weighted by atomic mass is 16.5. The first kappa shape index (κ1) is 14.6. The van der Waals surface area contributed by atoms with Crippen molar-refractivity contribution in [1.82, 2.24) is 0 Å². The number of carbonyl (C=O) groups excluding carboxylic acids is 1. The second-order valence-corrected chi connectivity index (χ2v) is 4.17. The van der Waals surface area contributed by atoms with Crippen molar-refractivity contribution in [3.63, 3.8) is 0 Å². The van der Waals surface area contributed by atoms with Crippen molar-refractivity contribution >= 4 is 18.0 Å². The molecule has 0 aliphatic carbocycles. The van der Waals surface area contributed by atoms with Crippen LogP contribution in [0, 0.1) is 0 Å². The Labute approximate surface area is 121 Å². The van der Waals surface area contributed by atoms with E-state index in [1.54, 1.807) is 43.3 Å². The first-order chi connectivity index (χ1) is 10.1. The molecule has 0 saturated carbocycles. The molecule has 0 aliphatic heterocycles. The van der Waals surface area contributed by atoms with E-state index in [4.69, 9.17) is 14.3 Å². The lowest BCUT2D eigenvalue weighted by molar-refractivity contribution is -0.131. The molecule has 1 N–H and O–H groups in total. The van der Waals surface area contributed by atoms with Crippen molar-refractivity contribution in [1.29, 1.82) is 0 Å². The van der Waals surface area contributed by atoms with Crippen molar-refractivity contribution < 1.29 is 23.8 Å². The maximum Gasteiger partial charge on any atom is 0.338 e. The van der Waals surface area contributed by atoms with E-state index in [1.807, 2.05) is 0 Å². The zero-order valence-corrected chi connectivity index (χ0v) is 11.4. The van der Waals surface area contributed by atoms with Crippen molar-refractivity contribution in [2.24, 2.45) is 0 Å². The second-order valence-electron chi connectivity index (χ2n) is 4.17. The number of carboxylic acid groups (broad SMARTS) is 1. The standard InChI is InChI=1S/C16H14O5/c1-2-20-16(19)12-5-3-4-11(10-12)14-8-6-13(21-14)7-9-15(17)18/h3-10H,2H2,1H3,(H,17,18)/b9-7+. The van der Waals surface area contributed by atoms with Crippen LogP contribution >= 0.6 is 0 Å². The average Bonchev–Trinajstić information content (AvgIpc) is 2.94. The summed E-state index contributed by atoms with van der Waals surface area (Å²) in [6.07, 6.45) is 2.36. The van der Waals surface area contributed by atoms with Crippen LogP contribution in [-0.4, -0.2) is 23.7 Å². The number of rotatable bonds is 5. The van der Waals surface area contributed by atoms with Gasteiger partial charge in [-0.05, 0) is 37.3 Å². The Hall–Kier alpha value is -2.82. The Kier molecular flexibility index (Phi) is 4.56. The second kappa shape index (κ2) is 6.56. The monoisotopic (exact) mass is 286 g/mol. The number of benzene rings is 1. The lowest BCUT2D eigenvalue weighted by Crippen LogP contribution is -2.04. The van der Waals surface area contributed by atoms with Crippen LogP contribution in [0.4, 0.5) is 0 Å². The molecule has 0 bridgehead atoms. The SMILES string of the molecule is CCOC(=O)c1cccc(-c2ccc(/C=C/C(=O)O)o2)c1. The average molecular weight is 286 g/mol. The van der Waals surface area contributed by atoms with Gasteiger partial charge < -0.3 is 14.3 Å². The first-order valence-corrected chi connectivity index (χ1v) is 6.38.